The highest BCUT2D eigenvalue weighted by Gasteiger charge is 2.69. The second-order valence-corrected chi connectivity index (χ2v) is 7.45. The van der Waals surface area contributed by atoms with E-state index in [0.717, 1.165) is 0 Å². The zero-order valence-electron chi connectivity index (χ0n) is 6.94. The number of halogens is 8. The molecule has 0 N–H and O–H groups in total. The SMILES string of the molecule is ClCCC1(Cl)C(Cl)=C(Cl)C(Cl)(Cl)C1(Cl)Cl. The van der Waals surface area contributed by atoms with Crippen molar-refractivity contribution >= 4 is 92.8 Å². The largest absolute Gasteiger partial charge is 0.189 e. The lowest BCUT2D eigenvalue weighted by molar-refractivity contribution is 0.594. The smallest absolute Gasteiger partial charge is 0.127 e. The first-order valence-electron chi connectivity index (χ1n) is 3.69. The number of rotatable bonds is 2. The molecule has 0 radical (unpaired) electrons. The maximum Gasteiger partial charge on any atom is 0.189 e. The summed E-state index contributed by atoms with van der Waals surface area (Å²) in [6, 6.07) is 0. The van der Waals surface area contributed by atoms with Gasteiger partial charge in [0.05, 0.1) is 10.1 Å². The van der Waals surface area contributed by atoms with Crippen molar-refractivity contribution in [3.8, 4) is 0 Å². The minimum absolute atomic E-state index is 0.0292. The molecule has 15 heavy (non-hydrogen) atoms. The van der Waals surface area contributed by atoms with Gasteiger partial charge in [0.25, 0.3) is 0 Å². The summed E-state index contributed by atoms with van der Waals surface area (Å²) in [7, 11) is 0. The van der Waals surface area contributed by atoms with Crippen LogP contribution in [0.2, 0.25) is 0 Å². The van der Waals surface area contributed by atoms with Crippen LogP contribution in [0.3, 0.4) is 0 Å². The van der Waals surface area contributed by atoms with Gasteiger partial charge in [-0.2, -0.15) is 0 Å². The quantitative estimate of drug-likeness (QED) is 0.551. The second-order valence-electron chi connectivity index (χ2n) is 3.02. The van der Waals surface area contributed by atoms with Crippen molar-refractivity contribution in [2.24, 2.45) is 0 Å². The van der Waals surface area contributed by atoms with E-state index in [1.54, 1.807) is 0 Å². The summed E-state index contributed by atoms with van der Waals surface area (Å²) in [4.78, 5) is -1.37. The van der Waals surface area contributed by atoms with Crippen LogP contribution >= 0.6 is 92.8 Å². The molecule has 0 nitrogen and oxygen atoms in total. The van der Waals surface area contributed by atoms with E-state index in [4.69, 9.17) is 92.8 Å². The average molecular weight is 372 g/mol. The molecule has 88 valence electrons. The zero-order valence-corrected chi connectivity index (χ0v) is 13.0. The van der Waals surface area contributed by atoms with Crippen molar-refractivity contribution < 1.29 is 0 Å². The number of hydrogen-bond donors (Lipinski definition) is 0. The lowest BCUT2D eigenvalue weighted by Gasteiger charge is -2.36. The van der Waals surface area contributed by atoms with Crippen molar-refractivity contribution in [1.29, 1.82) is 0 Å². The van der Waals surface area contributed by atoms with Gasteiger partial charge < -0.3 is 0 Å². The highest BCUT2D eigenvalue weighted by molar-refractivity contribution is 6.72. The lowest BCUT2D eigenvalue weighted by Crippen LogP contribution is -2.47. The maximum atomic E-state index is 6.20. The molecule has 8 heteroatoms. The van der Waals surface area contributed by atoms with E-state index in [1.165, 1.54) is 0 Å². The van der Waals surface area contributed by atoms with Crippen LogP contribution in [0.4, 0.5) is 0 Å². The van der Waals surface area contributed by atoms with E-state index < -0.39 is 13.5 Å². The first kappa shape index (κ1) is 15.1. The van der Waals surface area contributed by atoms with Gasteiger partial charge in [-0.1, -0.05) is 69.6 Å². The first-order chi connectivity index (χ1) is 6.63. The molecular weight excluding hydrogens is 368 g/mol. The molecule has 0 aromatic rings. The van der Waals surface area contributed by atoms with Crippen LogP contribution in [0.25, 0.3) is 0 Å². The van der Waals surface area contributed by atoms with Crippen LogP contribution < -0.4 is 0 Å². The highest BCUT2D eigenvalue weighted by Crippen LogP contribution is 2.67. The molecule has 1 rings (SSSR count). The molecule has 1 aliphatic carbocycles. The number of allylic oxidation sites excluding steroid dienone is 2. The lowest BCUT2D eigenvalue weighted by atomic mass is 10.0. The summed E-state index contributed by atoms with van der Waals surface area (Å²) in [6.07, 6.45) is 0.194. The molecule has 1 atom stereocenters. The Balaban J connectivity index is 3.32. The van der Waals surface area contributed by atoms with Crippen molar-refractivity contribution in [2.45, 2.75) is 20.0 Å². The number of hydrogen-bond acceptors (Lipinski definition) is 0. The van der Waals surface area contributed by atoms with E-state index in [9.17, 15) is 0 Å². The molecule has 0 aromatic carbocycles. The minimum atomic E-state index is -1.75. The van der Waals surface area contributed by atoms with Gasteiger partial charge in [0.15, 0.2) is 8.67 Å². The van der Waals surface area contributed by atoms with Crippen LogP contribution in [0.5, 0.6) is 0 Å². The van der Waals surface area contributed by atoms with Crippen molar-refractivity contribution in [1.82, 2.24) is 0 Å². The third-order valence-corrected chi connectivity index (χ3v) is 7.11. The Kier molecular flexibility index (Phi) is 4.66. The van der Waals surface area contributed by atoms with E-state index in [0.29, 0.717) is 0 Å². The van der Waals surface area contributed by atoms with Crippen LogP contribution in [-0.4, -0.2) is 19.4 Å². The molecular formula is C7H4Cl8. The molecule has 0 amide bonds. The fourth-order valence-corrected chi connectivity index (χ4v) is 4.14. The monoisotopic (exact) mass is 368 g/mol. The maximum absolute atomic E-state index is 6.20. The van der Waals surface area contributed by atoms with Gasteiger partial charge in [-0.25, -0.2) is 0 Å². The zero-order chi connectivity index (χ0) is 12.1. The predicted molar refractivity (Wildman–Crippen MR) is 71.5 cm³/mol. The summed E-state index contributed by atoms with van der Waals surface area (Å²) in [5.41, 5.74) is 0. The Morgan fingerprint density at radius 1 is 0.867 bits per heavy atom. The standard InChI is InChI=1S/C7H4Cl8/c8-2-1-5(11)3(9)4(10)6(12,13)7(5,14)15/h1-2H2. The van der Waals surface area contributed by atoms with Gasteiger partial charge in [-0.3, -0.25) is 0 Å². The summed E-state index contributed by atoms with van der Waals surface area (Å²) < 4.78 is -3.49. The fraction of sp³-hybridized carbons (Fsp3) is 0.714. The normalized spacial score (nSPS) is 33.6. The molecule has 0 bridgehead atoms. The minimum Gasteiger partial charge on any atom is -0.127 e. The Morgan fingerprint density at radius 3 is 1.60 bits per heavy atom. The van der Waals surface area contributed by atoms with E-state index in [1.807, 2.05) is 0 Å². The molecule has 0 aliphatic heterocycles. The first-order valence-corrected chi connectivity index (χ1v) is 6.87. The van der Waals surface area contributed by atoms with Crippen LogP contribution in [0, 0.1) is 0 Å². The molecule has 0 saturated heterocycles. The third-order valence-electron chi connectivity index (χ3n) is 2.15. The van der Waals surface area contributed by atoms with Crippen molar-refractivity contribution in [3.63, 3.8) is 0 Å². The van der Waals surface area contributed by atoms with E-state index in [2.05, 4.69) is 0 Å². The topological polar surface area (TPSA) is 0 Å². The second kappa shape index (κ2) is 4.63. The Labute approximate surface area is 128 Å². The number of alkyl halides is 6. The molecule has 1 aliphatic rings. The molecule has 1 unspecified atom stereocenters. The predicted octanol–water partition coefficient (Wildman–Crippen LogP) is 5.64. The third kappa shape index (κ3) is 1.98. The van der Waals surface area contributed by atoms with E-state index >= 15 is 0 Å². The Bertz CT molecular complexity index is 306. The van der Waals surface area contributed by atoms with Gasteiger partial charge in [0.1, 0.15) is 4.87 Å². The molecule has 0 aromatic heterocycles. The van der Waals surface area contributed by atoms with Gasteiger partial charge in [0.2, 0.25) is 0 Å². The van der Waals surface area contributed by atoms with Crippen molar-refractivity contribution in [3.05, 3.63) is 10.1 Å². The summed E-state index contributed by atoms with van der Waals surface area (Å²) in [6.45, 7) is 0. The highest BCUT2D eigenvalue weighted by atomic mass is 35.5. The average Bonchev–Trinajstić information content (AvgIpc) is 2.20. The molecule has 0 fully saturated rings. The molecule has 0 saturated carbocycles. The summed E-state index contributed by atoms with van der Waals surface area (Å²) in [5.74, 6) is 0.189. The van der Waals surface area contributed by atoms with Crippen LogP contribution in [0.1, 0.15) is 6.42 Å². The van der Waals surface area contributed by atoms with Gasteiger partial charge >= 0.3 is 0 Å². The Hall–Kier alpha value is 2.06. The van der Waals surface area contributed by atoms with Crippen molar-refractivity contribution in [2.75, 3.05) is 5.88 Å². The van der Waals surface area contributed by atoms with Crippen LogP contribution in [0.15, 0.2) is 10.1 Å². The van der Waals surface area contributed by atoms with E-state index in [-0.39, 0.29) is 22.4 Å². The van der Waals surface area contributed by atoms with Gasteiger partial charge in [-0.15, -0.1) is 23.2 Å². The van der Waals surface area contributed by atoms with Gasteiger partial charge in [0, 0.05) is 5.88 Å². The fourth-order valence-electron chi connectivity index (χ4n) is 1.23. The Morgan fingerprint density at radius 2 is 1.33 bits per heavy atom. The molecule has 0 heterocycles. The molecule has 0 spiro atoms. The summed E-state index contributed by atoms with van der Waals surface area (Å²) >= 11 is 47.5. The van der Waals surface area contributed by atoms with Gasteiger partial charge in [-0.05, 0) is 6.42 Å². The summed E-state index contributed by atoms with van der Waals surface area (Å²) in [5, 5.41) is -0.0425. The van der Waals surface area contributed by atoms with Crippen LogP contribution in [-0.2, 0) is 0 Å².